The molecule has 1 atom stereocenters. The van der Waals surface area contributed by atoms with Gasteiger partial charge in [-0.25, -0.2) is 21.9 Å². The number of rotatable bonds is 8. The summed E-state index contributed by atoms with van der Waals surface area (Å²) in [4.78, 5) is 12.9. The van der Waals surface area contributed by atoms with Crippen molar-refractivity contribution in [3.63, 3.8) is 0 Å². The second kappa shape index (κ2) is 10.3. The minimum atomic E-state index is -3.63. The predicted molar refractivity (Wildman–Crippen MR) is 134 cm³/mol. The van der Waals surface area contributed by atoms with Crippen LogP contribution in [0.2, 0.25) is 0 Å². The number of para-hydroxylation sites is 1. The van der Waals surface area contributed by atoms with Crippen molar-refractivity contribution in [1.29, 1.82) is 0 Å². The molecule has 0 saturated heterocycles. The van der Waals surface area contributed by atoms with Gasteiger partial charge >= 0.3 is 0 Å². The summed E-state index contributed by atoms with van der Waals surface area (Å²) in [6, 6.07) is 21.1. The maximum Gasteiger partial charge on any atom is 0.229 e. The summed E-state index contributed by atoms with van der Waals surface area (Å²) >= 11 is 0. The summed E-state index contributed by atoms with van der Waals surface area (Å²) < 4.78 is 54.3. The molecule has 186 valence electrons. The van der Waals surface area contributed by atoms with E-state index in [0.717, 1.165) is 23.6 Å². The van der Waals surface area contributed by atoms with Crippen LogP contribution in [-0.2, 0) is 21.4 Å². The molecule has 7 nitrogen and oxygen atoms in total. The molecule has 36 heavy (non-hydrogen) atoms. The zero-order valence-electron chi connectivity index (χ0n) is 19.6. The average molecular weight is 511 g/mol. The first-order chi connectivity index (χ1) is 17.1. The van der Waals surface area contributed by atoms with Crippen molar-refractivity contribution in [3.8, 4) is 16.9 Å². The largest absolute Gasteiger partial charge is 0.350 e. The molecular formula is C26H24F2N4O3S. The third kappa shape index (κ3) is 5.95. The van der Waals surface area contributed by atoms with Crippen LogP contribution in [0.25, 0.3) is 16.9 Å². The predicted octanol–water partition coefficient (Wildman–Crippen LogP) is 4.61. The van der Waals surface area contributed by atoms with Gasteiger partial charge in [0.2, 0.25) is 15.9 Å². The number of benzene rings is 3. The van der Waals surface area contributed by atoms with Gasteiger partial charge in [-0.1, -0.05) is 24.3 Å². The van der Waals surface area contributed by atoms with Crippen LogP contribution < -0.4 is 10.0 Å². The molecule has 3 aromatic carbocycles. The molecule has 1 amide bonds. The lowest BCUT2D eigenvalue weighted by Gasteiger charge is -2.15. The second-order valence-electron chi connectivity index (χ2n) is 8.33. The van der Waals surface area contributed by atoms with Crippen molar-refractivity contribution < 1.29 is 22.0 Å². The van der Waals surface area contributed by atoms with E-state index in [1.54, 1.807) is 23.7 Å². The highest BCUT2D eigenvalue weighted by Crippen LogP contribution is 2.24. The van der Waals surface area contributed by atoms with Crippen LogP contribution >= 0.6 is 0 Å². The van der Waals surface area contributed by atoms with E-state index in [1.807, 2.05) is 36.4 Å². The van der Waals surface area contributed by atoms with Gasteiger partial charge in [0.15, 0.2) is 0 Å². The Morgan fingerprint density at radius 3 is 2.33 bits per heavy atom. The fourth-order valence-electron chi connectivity index (χ4n) is 3.67. The monoisotopic (exact) mass is 510 g/mol. The first-order valence-corrected chi connectivity index (χ1v) is 12.9. The van der Waals surface area contributed by atoms with Crippen LogP contribution in [0.1, 0.15) is 24.1 Å². The van der Waals surface area contributed by atoms with E-state index in [1.165, 1.54) is 24.3 Å². The topological polar surface area (TPSA) is 93.1 Å². The van der Waals surface area contributed by atoms with Crippen LogP contribution in [0.3, 0.4) is 0 Å². The van der Waals surface area contributed by atoms with Gasteiger partial charge in [-0.2, -0.15) is 5.10 Å². The van der Waals surface area contributed by atoms with Crippen LogP contribution in [0, 0.1) is 11.6 Å². The number of hydrogen-bond acceptors (Lipinski definition) is 4. The maximum absolute atomic E-state index is 14.4. The smallest absolute Gasteiger partial charge is 0.229 e. The molecule has 0 fully saturated rings. The molecule has 0 aliphatic carbocycles. The van der Waals surface area contributed by atoms with Crippen molar-refractivity contribution in [1.82, 2.24) is 15.1 Å². The summed E-state index contributed by atoms with van der Waals surface area (Å²) in [5.74, 6) is -2.17. The number of anilines is 1. The zero-order valence-corrected chi connectivity index (χ0v) is 20.4. The molecule has 10 heteroatoms. The molecule has 0 spiro atoms. The molecule has 1 aromatic heterocycles. The Kier molecular flexibility index (Phi) is 7.16. The fraction of sp³-hybridized carbons (Fsp3) is 0.154. The van der Waals surface area contributed by atoms with Gasteiger partial charge in [-0.05, 0) is 67.1 Å². The minimum absolute atomic E-state index is 0.141. The molecule has 1 unspecified atom stereocenters. The van der Waals surface area contributed by atoms with Gasteiger partial charge in [0.1, 0.15) is 11.6 Å². The average Bonchev–Trinajstić information content (AvgIpc) is 3.28. The Morgan fingerprint density at radius 2 is 1.69 bits per heavy atom. The molecule has 1 heterocycles. The standard InChI is InChI=1S/C26H24F2N4O3S/c1-17(19-10-13-24(23(28)14-19)31-36(2,34)35)26(33)29-16-22-15-25(18-8-11-20(27)12-9-18)30-32(22)21-6-4-3-5-7-21/h3-15,17,31H,16H2,1-2H3,(H,29,33). The van der Waals surface area contributed by atoms with Gasteiger partial charge in [-0.15, -0.1) is 0 Å². The Labute approximate surface area is 207 Å². The lowest BCUT2D eigenvalue weighted by molar-refractivity contribution is -0.122. The number of amides is 1. The summed E-state index contributed by atoms with van der Waals surface area (Å²) in [7, 11) is -3.63. The Bertz CT molecular complexity index is 1490. The van der Waals surface area contributed by atoms with Crippen LogP contribution in [-0.4, -0.2) is 30.4 Å². The van der Waals surface area contributed by atoms with E-state index >= 15 is 0 Å². The van der Waals surface area contributed by atoms with E-state index in [9.17, 15) is 22.0 Å². The number of hydrogen-bond donors (Lipinski definition) is 2. The first kappa shape index (κ1) is 25.1. The first-order valence-electron chi connectivity index (χ1n) is 11.1. The van der Waals surface area contributed by atoms with Crippen molar-refractivity contribution >= 4 is 21.6 Å². The van der Waals surface area contributed by atoms with Crippen molar-refractivity contribution in [2.75, 3.05) is 11.0 Å². The summed E-state index contributed by atoms with van der Waals surface area (Å²) in [5.41, 5.74) is 3.04. The van der Waals surface area contributed by atoms with E-state index in [0.29, 0.717) is 17.0 Å². The maximum atomic E-state index is 14.4. The molecule has 0 bridgehead atoms. The molecule has 0 radical (unpaired) electrons. The van der Waals surface area contributed by atoms with Gasteiger partial charge in [0.25, 0.3) is 0 Å². The summed E-state index contributed by atoms with van der Waals surface area (Å²) in [6.45, 7) is 1.77. The van der Waals surface area contributed by atoms with E-state index in [2.05, 4.69) is 15.1 Å². The number of carbonyl (C=O) groups is 1. The molecule has 4 rings (SSSR count). The van der Waals surface area contributed by atoms with Crippen LogP contribution in [0.5, 0.6) is 0 Å². The normalized spacial score (nSPS) is 12.2. The number of sulfonamides is 1. The van der Waals surface area contributed by atoms with Gasteiger partial charge in [0.05, 0.1) is 41.5 Å². The van der Waals surface area contributed by atoms with Crippen molar-refractivity contribution in [2.45, 2.75) is 19.4 Å². The number of halogens is 2. The van der Waals surface area contributed by atoms with Gasteiger partial charge in [0, 0.05) is 5.56 Å². The quantitative estimate of drug-likeness (QED) is 0.362. The Hall–Kier alpha value is -4.05. The Balaban J connectivity index is 1.54. The fourth-order valence-corrected chi connectivity index (χ4v) is 4.23. The molecular weight excluding hydrogens is 486 g/mol. The number of nitrogens with one attached hydrogen (secondary N) is 2. The van der Waals surface area contributed by atoms with Crippen LogP contribution in [0.4, 0.5) is 14.5 Å². The lowest BCUT2D eigenvalue weighted by Crippen LogP contribution is -2.28. The lowest BCUT2D eigenvalue weighted by atomic mass is 10.00. The number of aromatic nitrogens is 2. The van der Waals surface area contributed by atoms with Gasteiger partial charge in [-0.3, -0.25) is 9.52 Å². The molecule has 2 N–H and O–H groups in total. The third-order valence-corrected chi connectivity index (χ3v) is 6.14. The van der Waals surface area contributed by atoms with E-state index in [4.69, 9.17) is 0 Å². The minimum Gasteiger partial charge on any atom is -0.350 e. The molecule has 4 aromatic rings. The highest BCUT2D eigenvalue weighted by Gasteiger charge is 2.19. The zero-order chi connectivity index (χ0) is 25.9. The van der Waals surface area contributed by atoms with Crippen LogP contribution in [0.15, 0.2) is 78.9 Å². The highest BCUT2D eigenvalue weighted by atomic mass is 32.2. The van der Waals surface area contributed by atoms with Crippen molar-refractivity contribution in [2.24, 2.45) is 0 Å². The number of carbonyl (C=O) groups excluding carboxylic acids is 1. The Morgan fingerprint density at radius 1 is 1.00 bits per heavy atom. The number of nitrogens with zero attached hydrogens (tertiary/aromatic N) is 2. The summed E-state index contributed by atoms with van der Waals surface area (Å²) in [5, 5.41) is 7.51. The highest BCUT2D eigenvalue weighted by molar-refractivity contribution is 7.92. The van der Waals surface area contributed by atoms with Gasteiger partial charge < -0.3 is 5.32 Å². The second-order valence-corrected chi connectivity index (χ2v) is 10.1. The SMILES string of the molecule is CC(C(=O)NCc1cc(-c2ccc(F)cc2)nn1-c1ccccc1)c1ccc(NS(C)(=O)=O)c(F)c1. The third-order valence-electron chi connectivity index (χ3n) is 5.55. The van der Waals surface area contributed by atoms with Crippen molar-refractivity contribution in [3.05, 3.63) is 102 Å². The van der Waals surface area contributed by atoms with E-state index < -0.39 is 21.8 Å². The van der Waals surface area contributed by atoms with E-state index in [-0.39, 0.29) is 24.0 Å². The summed E-state index contributed by atoms with van der Waals surface area (Å²) in [6.07, 6.45) is 0.929. The molecule has 0 aliphatic rings. The molecule has 0 aliphatic heterocycles. The molecule has 0 saturated carbocycles.